The van der Waals surface area contributed by atoms with Gasteiger partial charge in [-0.05, 0) is 26.0 Å². The molecule has 104 valence electrons. The van der Waals surface area contributed by atoms with Crippen molar-refractivity contribution < 1.29 is 9.59 Å². The third-order valence-electron chi connectivity index (χ3n) is 2.48. The first-order chi connectivity index (χ1) is 8.71. The van der Waals surface area contributed by atoms with Gasteiger partial charge in [0.25, 0.3) is 5.91 Å². The van der Waals surface area contributed by atoms with Crippen LogP contribution >= 0.6 is 0 Å². The van der Waals surface area contributed by atoms with E-state index in [2.05, 4.69) is 10.3 Å². The summed E-state index contributed by atoms with van der Waals surface area (Å²) < 4.78 is 0. The van der Waals surface area contributed by atoms with E-state index in [9.17, 15) is 9.59 Å². The number of nitrogens with two attached hydrogens (primary N) is 1. The largest absolute Gasteiger partial charge is 0.380 e. The molecule has 0 aliphatic heterocycles. The molecule has 1 aromatic heterocycles. The summed E-state index contributed by atoms with van der Waals surface area (Å²) in [5.41, 5.74) is 5.80. The van der Waals surface area contributed by atoms with E-state index in [4.69, 9.17) is 5.73 Å². The summed E-state index contributed by atoms with van der Waals surface area (Å²) in [6.45, 7) is 3.73. The maximum absolute atomic E-state index is 11.8. The Morgan fingerprint density at radius 1 is 1.42 bits per heavy atom. The molecule has 1 aromatic rings. The predicted molar refractivity (Wildman–Crippen MR) is 73.8 cm³/mol. The molecule has 6 heteroatoms. The fourth-order valence-corrected chi connectivity index (χ4v) is 1.72. The number of anilines is 1. The van der Waals surface area contributed by atoms with Crippen LogP contribution in [-0.4, -0.2) is 41.3 Å². The maximum atomic E-state index is 11.8. The van der Waals surface area contributed by atoms with E-state index in [1.165, 1.54) is 4.90 Å². The SMILES string of the molecule is CN(C)C(=O)c1cc(NC(C)(C)CC(N)=O)ccn1. The van der Waals surface area contributed by atoms with E-state index < -0.39 is 5.54 Å². The summed E-state index contributed by atoms with van der Waals surface area (Å²) in [4.78, 5) is 28.3. The van der Waals surface area contributed by atoms with Crippen LogP contribution in [0.3, 0.4) is 0 Å². The van der Waals surface area contributed by atoms with Crippen LogP contribution in [0.25, 0.3) is 0 Å². The first-order valence-corrected chi connectivity index (χ1v) is 5.95. The van der Waals surface area contributed by atoms with Gasteiger partial charge in [0.1, 0.15) is 5.69 Å². The van der Waals surface area contributed by atoms with Gasteiger partial charge in [-0.25, -0.2) is 0 Å². The van der Waals surface area contributed by atoms with Crippen molar-refractivity contribution in [2.75, 3.05) is 19.4 Å². The number of aromatic nitrogens is 1. The lowest BCUT2D eigenvalue weighted by atomic mass is 10.00. The second-order valence-electron chi connectivity index (χ2n) is 5.28. The van der Waals surface area contributed by atoms with Gasteiger partial charge < -0.3 is 16.0 Å². The van der Waals surface area contributed by atoms with Gasteiger partial charge in [-0.1, -0.05) is 0 Å². The summed E-state index contributed by atoms with van der Waals surface area (Å²) in [6, 6.07) is 3.40. The van der Waals surface area contributed by atoms with Crippen molar-refractivity contribution in [1.82, 2.24) is 9.88 Å². The maximum Gasteiger partial charge on any atom is 0.272 e. The van der Waals surface area contributed by atoms with Crippen molar-refractivity contribution >= 4 is 17.5 Å². The second kappa shape index (κ2) is 5.69. The highest BCUT2D eigenvalue weighted by molar-refractivity contribution is 5.92. The highest BCUT2D eigenvalue weighted by Crippen LogP contribution is 2.18. The van der Waals surface area contributed by atoms with Crippen molar-refractivity contribution in [3.05, 3.63) is 24.0 Å². The van der Waals surface area contributed by atoms with Gasteiger partial charge >= 0.3 is 0 Å². The molecule has 3 N–H and O–H groups in total. The molecule has 19 heavy (non-hydrogen) atoms. The van der Waals surface area contributed by atoms with Crippen LogP contribution < -0.4 is 11.1 Å². The van der Waals surface area contributed by atoms with Gasteiger partial charge in [0.15, 0.2) is 0 Å². The van der Waals surface area contributed by atoms with Gasteiger partial charge in [0.2, 0.25) is 5.91 Å². The molecule has 0 fully saturated rings. The lowest BCUT2D eigenvalue weighted by Crippen LogP contribution is -2.36. The van der Waals surface area contributed by atoms with Gasteiger partial charge in [-0.2, -0.15) is 0 Å². The number of nitrogens with zero attached hydrogens (tertiary/aromatic N) is 2. The van der Waals surface area contributed by atoms with E-state index >= 15 is 0 Å². The Bertz CT molecular complexity index is 483. The molecule has 0 bridgehead atoms. The second-order valence-corrected chi connectivity index (χ2v) is 5.28. The molecule has 0 unspecified atom stereocenters. The van der Waals surface area contributed by atoms with Crippen LogP contribution in [0.5, 0.6) is 0 Å². The van der Waals surface area contributed by atoms with E-state index in [0.29, 0.717) is 5.69 Å². The summed E-state index contributed by atoms with van der Waals surface area (Å²) in [7, 11) is 3.34. The zero-order valence-corrected chi connectivity index (χ0v) is 11.7. The molecule has 0 radical (unpaired) electrons. The molecule has 1 heterocycles. The molecule has 0 atom stereocenters. The minimum Gasteiger partial charge on any atom is -0.380 e. The number of nitrogens with one attached hydrogen (secondary N) is 1. The molecular weight excluding hydrogens is 244 g/mol. The van der Waals surface area contributed by atoms with Crippen molar-refractivity contribution in [3.63, 3.8) is 0 Å². The Balaban J connectivity index is 2.88. The molecule has 1 rings (SSSR count). The monoisotopic (exact) mass is 264 g/mol. The molecule has 0 aliphatic carbocycles. The molecular formula is C13H20N4O2. The number of primary amides is 1. The third kappa shape index (κ3) is 4.57. The highest BCUT2D eigenvalue weighted by atomic mass is 16.2. The average Bonchev–Trinajstić information content (AvgIpc) is 2.25. The minimum atomic E-state index is -0.481. The van der Waals surface area contributed by atoms with Crippen molar-refractivity contribution in [2.24, 2.45) is 5.73 Å². The van der Waals surface area contributed by atoms with Gasteiger partial charge in [-0.3, -0.25) is 14.6 Å². The number of rotatable bonds is 5. The smallest absolute Gasteiger partial charge is 0.272 e. The molecule has 0 saturated heterocycles. The lowest BCUT2D eigenvalue weighted by molar-refractivity contribution is -0.118. The van der Waals surface area contributed by atoms with E-state index in [1.807, 2.05) is 13.8 Å². The third-order valence-corrected chi connectivity index (χ3v) is 2.48. The number of pyridine rings is 1. The Morgan fingerprint density at radius 2 is 2.05 bits per heavy atom. The van der Waals surface area contributed by atoms with E-state index in [0.717, 1.165) is 5.69 Å². The molecule has 0 aromatic carbocycles. The van der Waals surface area contributed by atoms with E-state index in [1.54, 1.807) is 32.4 Å². The van der Waals surface area contributed by atoms with Crippen molar-refractivity contribution in [1.29, 1.82) is 0 Å². The summed E-state index contributed by atoms with van der Waals surface area (Å²) in [6.07, 6.45) is 1.76. The Hall–Kier alpha value is -2.11. The minimum absolute atomic E-state index is 0.170. The first-order valence-electron chi connectivity index (χ1n) is 5.95. The lowest BCUT2D eigenvalue weighted by Gasteiger charge is -2.26. The standard InChI is InChI=1S/C13H20N4O2/c1-13(2,8-11(14)18)16-9-5-6-15-10(7-9)12(19)17(3)4/h5-7H,8H2,1-4H3,(H2,14,18)(H,15,16). The van der Waals surface area contributed by atoms with Gasteiger partial charge in [0.05, 0.1) is 0 Å². The fourth-order valence-electron chi connectivity index (χ4n) is 1.72. The topological polar surface area (TPSA) is 88.3 Å². The first kappa shape index (κ1) is 14.9. The quantitative estimate of drug-likeness (QED) is 0.825. The zero-order chi connectivity index (χ0) is 14.6. The molecule has 6 nitrogen and oxygen atoms in total. The Kier molecular flexibility index (Phi) is 4.47. The van der Waals surface area contributed by atoms with Crippen LogP contribution in [0.4, 0.5) is 5.69 Å². The van der Waals surface area contributed by atoms with Gasteiger partial charge in [-0.15, -0.1) is 0 Å². The molecule has 0 spiro atoms. The van der Waals surface area contributed by atoms with Crippen LogP contribution in [0.2, 0.25) is 0 Å². The average molecular weight is 264 g/mol. The van der Waals surface area contributed by atoms with Crippen molar-refractivity contribution in [2.45, 2.75) is 25.8 Å². The number of carbonyl (C=O) groups excluding carboxylic acids is 2. The number of carbonyl (C=O) groups is 2. The Morgan fingerprint density at radius 3 is 2.58 bits per heavy atom. The molecule has 0 saturated carbocycles. The van der Waals surface area contributed by atoms with Crippen LogP contribution in [0, 0.1) is 0 Å². The molecule has 0 aliphatic rings. The summed E-state index contributed by atoms with van der Waals surface area (Å²) in [5.74, 6) is -0.549. The predicted octanol–water partition coefficient (Wildman–Crippen LogP) is 0.849. The Labute approximate surface area is 113 Å². The fraction of sp³-hybridized carbons (Fsp3) is 0.462. The van der Waals surface area contributed by atoms with Crippen LogP contribution in [0.1, 0.15) is 30.8 Å². The summed E-state index contributed by atoms with van der Waals surface area (Å²) in [5, 5.41) is 3.17. The summed E-state index contributed by atoms with van der Waals surface area (Å²) >= 11 is 0. The van der Waals surface area contributed by atoms with Gasteiger partial charge in [0, 0.05) is 37.9 Å². The number of amides is 2. The normalized spacial score (nSPS) is 10.9. The van der Waals surface area contributed by atoms with E-state index in [-0.39, 0.29) is 18.2 Å². The zero-order valence-electron chi connectivity index (χ0n) is 11.7. The number of hydrogen-bond acceptors (Lipinski definition) is 4. The molecule has 2 amide bonds. The van der Waals surface area contributed by atoms with Crippen LogP contribution in [-0.2, 0) is 4.79 Å². The highest BCUT2D eigenvalue weighted by Gasteiger charge is 2.21. The van der Waals surface area contributed by atoms with Crippen LogP contribution in [0.15, 0.2) is 18.3 Å². The van der Waals surface area contributed by atoms with Crippen molar-refractivity contribution in [3.8, 4) is 0 Å². The number of hydrogen-bond donors (Lipinski definition) is 2.